The second-order valence-corrected chi connectivity index (χ2v) is 9.45. The summed E-state index contributed by atoms with van der Waals surface area (Å²) in [6.45, 7) is 13.7. The molecule has 33 heavy (non-hydrogen) atoms. The van der Waals surface area contributed by atoms with E-state index in [9.17, 15) is 9.59 Å². The summed E-state index contributed by atoms with van der Waals surface area (Å²) in [5.74, 6) is 0.0446. The molecule has 1 fully saturated rings. The Morgan fingerprint density at radius 1 is 1.12 bits per heavy atom. The van der Waals surface area contributed by atoms with Gasteiger partial charge < -0.3 is 14.0 Å². The topological polar surface area (TPSA) is 84.6 Å². The van der Waals surface area contributed by atoms with Gasteiger partial charge in [-0.05, 0) is 65.7 Å². The van der Waals surface area contributed by atoms with Crippen molar-refractivity contribution in [1.82, 2.24) is 14.1 Å². The monoisotopic (exact) mass is 451 g/mol. The largest absolute Gasteiger partial charge is 0.496 e. The second kappa shape index (κ2) is 8.15. The lowest BCUT2D eigenvalue weighted by Gasteiger charge is -2.32. The summed E-state index contributed by atoms with van der Waals surface area (Å²) in [5, 5.41) is 0. The van der Waals surface area contributed by atoms with Gasteiger partial charge in [-0.25, -0.2) is 14.3 Å². The van der Waals surface area contributed by atoms with Crippen LogP contribution in [0.25, 0.3) is 16.9 Å². The van der Waals surface area contributed by atoms with Gasteiger partial charge in [0.15, 0.2) is 0 Å². The van der Waals surface area contributed by atoms with Crippen LogP contribution in [0.1, 0.15) is 45.7 Å². The molecule has 0 aliphatic carbocycles. The van der Waals surface area contributed by atoms with Crippen molar-refractivity contribution in [2.45, 2.75) is 66.2 Å². The van der Waals surface area contributed by atoms with Crippen molar-refractivity contribution in [1.29, 1.82) is 0 Å². The normalized spacial score (nSPS) is 17.0. The SMILES string of the molecule is CCOC(=O)Cn1c(=O)n(-c2ncc(B3OC(C)(C)C(C)(C)O3)cc2C)c2c(C)cccc21. The van der Waals surface area contributed by atoms with Crippen molar-refractivity contribution < 1.29 is 18.8 Å². The molecule has 2 aromatic heterocycles. The first-order chi connectivity index (χ1) is 15.5. The number of benzene rings is 1. The van der Waals surface area contributed by atoms with Gasteiger partial charge in [0, 0.05) is 11.7 Å². The first-order valence-electron chi connectivity index (χ1n) is 11.2. The number of nitrogens with zero attached hydrogens (tertiary/aromatic N) is 3. The smallest absolute Gasteiger partial charge is 0.465 e. The highest BCUT2D eigenvalue weighted by Crippen LogP contribution is 2.36. The Labute approximate surface area is 193 Å². The predicted octanol–water partition coefficient (Wildman–Crippen LogP) is 2.67. The molecule has 0 atom stereocenters. The minimum absolute atomic E-state index is 0.162. The maximum absolute atomic E-state index is 13.5. The van der Waals surface area contributed by atoms with E-state index in [0.717, 1.165) is 16.6 Å². The van der Waals surface area contributed by atoms with E-state index in [-0.39, 0.29) is 18.8 Å². The van der Waals surface area contributed by atoms with Crippen LogP contribution in [0.4, 0.5) is 0 Å². The Morgan fingerprint density at radius 2 is 1.79 bits per heavy atom. The van der Waals surface area contributed by atoms with E-state index in [0.29, 0.717) is 16.9 Å². The molecule has 0 N–H and O–H groups in total. The molecule has 1 saturated heterocycles. The lowest BCUT2D eigenvalue weighted by molar-refractivity contribution is -0.143. The quantitative estimate of drug-likeness (QED) is 0.438. The number of hydrogen-bond acceptors (Lipinski definition) is 6. The molecule has 1 aliphatic rings. The van der Waals surface area contributed by atoms with Gasteiger partial charge in [0.2, 0.25) is 0 Å². The van der Waals surface area contributed by atoms with Crippen LogP contribution in [0.3, 0.4) is 0 Å². The summed E-state index contributed by atoms with van der Waals surface area (Å²) in [4.78, 5) is 30.3. The minimum atomic E-state index is -0.543. The first kappa shape index (κ1) is 23.3. The van der Waals surface area contributed by atoms with E-state index in [2.05, 4.69) is 4.98 Å². The molecule has 8 nitrogen and oxygen atoms in total. The number of esters is 1. The molecular formula is C24H30BN3O5. The molecule has 0 amide bonds. The van der Waals surface area contributed by atoms with Crippen molar-refractivity contribution in [2.75, 3.05) is 6.61 Å². The van der Waals surface area contributed by atoms with E-state index in [1.807, 2.05) is 65.8 Å². The number of fused-ring (bicyclic) bond motifs is 1. The van der Waals surface area contributed by atoms with Gasteiger partial charge in [-0.15, -0.1) is 0 Å². The van der Waals surface area contributed by atoms with Crippen LogP contribution in [0.5, 0.6) is 0 Å². The fraction of sp³-hybridized carbons (Fsp3) is 0.458. The van der Waals surface area contributed by atoms with Crippen LogP contribution >= 0.6 is 0 Å². The summed E-state index contributed by atoms with van der Waals surface area (Å²) in [5.41, 5.74) is 2.60. The van der Waals surface area contributed by atoms with Crippen molar-refractivity contribution in [3.05, 3.63) is 52.1 Å². The third-order valence-corrected chi connectivity index (χ3v) is 6.55. The Kier molecular flexibility index (Phi) is 5.74. The first-order valence-corrected chi connectivity index (χ1v) is 11.2. The highest BCUT2D eigenvalue weighted by molar-refractivity contribution is 6.62. The fourth-order valence-electron chi connectivity index (χ4n) is 4.09. The highest BCUT2D eigenvalue weighted by atomic mass is 16.7. The zero-order valence-electron chi connectivity index (χ0n) is 20.3. The summed E-state index contributed by atoms with van der Waals surface area (Å²) >= 11 is 0. The van der Waals surface area contributed by atoms with Gasteiger partial charge in [0.05, 0.1) is 28.8 Å². The number of carbonyl (C=O) groups excluding carboxylic acids is 1. The number of ether oxygens (including phenoxy) is 1. The number of aryl methyl sites for hydroxylation is 2. The number of pyridine rings is 1. The van der Waals surface area contributed by atoms with Crippen LogP contribution in [-0.4, -0.2) is 45.0 Å². The molecule has 0 spiro atoms. The minimum Gasteiger partial charge on any atom is -0.465 e. The predicted molar refractivity (Wildman–Crippen MR) is 127 cm³/mol. The highest BCUT2D eigenvalue weighted by Gasteiger charge is 2.51. The second-order valence-electron chi connectivity index (χ2n) is 9.45. The van der Waals surface area contributed by atoms with E-state index < -0.39 is 24.3 Å². The van der Waals surface area contributed by atoms with Gasteiger partial charge in [-0.1, -0.05) is 18.2 Å². The molecule has 174 valence electrons. The Bertz CT molecular complexity index is 1280. The zero-order valence-corrected chi connectivity index (χ0v) is 20.3. The molecular weight excluding hydrogens is 421 g/mol. The van der Waals surface area contributed by atoms with Crippen LogP contribution in [0, 0.1) is 13.8 Å². The summed E-state index contributed by atoms with van der Waals surface area (Å²) in [6, 6.07) is 7.56. The van der Waals surface area contributed by atoms with Crippen LogP contribution < -0.4 is 11.2 Å². The third-order valence-electron chi connectivity index (χ3n) is 6.55. The zero-order chi connectivity index (χ0) is 24.1. The van der Waals surface area contributed by atoms with Gasteiger partial charge >= 0.3 is 18.8 Å². The number of aromatic nitrogens is 3. The average Bonchev–Trinajstić information content (AvgIpc) is 3.12. The van der Waals surface area contributed by atoms with Crippen LogP contribution in [0.15, 0.2) is 35.3 Å². The molecule has 9 heteroatoms. The molecule has 0 saturated carbocycles. The summed E-state index contributed by atoms with van der Waals surface area (Å²) in [6.07, 6.45) is 1.68. The molecule has 1 aliphatic heterocycles. The number of para-hydroxylation sites is 1. The molecule has 0 bridgehead atoms. The standard InChI is InChI=1S/C24H30BN3O5/c1-8-31-19(29)14-27-18-11-9-10-15(2)20(18)28(22(27)30)21-16(3)12-17(13-26-21)25-32-23(4,5)24(6,7)33-25/h9-13H,8,14H2,1-7H3. The van der Waals surface area contributed by atoms with Gasteiger partial charge in [-0.3, -0.25) is 9.36 Å². The van der Waals surface area contributed by atoms with Gasteiger partial charge in [0.25, 0.3) is 0 Å². The lowest BCUT2D eigenvalue weighted by Crippen LogP contribution is -2.41. The van der Waals surface area contributed by atoms with Gasteiger partial charge in [-0.2, -0.15) is 0 Å². The molecule has 4 rings (SSSR count). The van der Waals surface area contributed by atoms with Crippen molar-refractivity contribution in [3.63, 3.8) is 0 Å². The maximum Gasteiger partial charge on any atom is 0.496 e. The summed E-state index contributed by atoms with van der Waals surface area (Å²) < 4.78 is 20.4. The molecule has 0 radical (unpaired) electrons. The van der Waals surface area contributed by atoms with E-state index in [1.54, 1.807) is 17.7 Å². The fourth-order valence-corrected chi connectivity index (χ4v) is 4.09. The van der Waals surface area contributed by atoms with Crippen LogP contribution in [-0.2, 0) is 25.4 Å². The molecule has 3 aromatic rings. The molecule has 1 aromatic carbocycles. The molecule has 0 unspecified atom stereocenters. The van der Waals surface area contributed by atoms with E-state index in [4.69, 9.17) is 14.0 Å². The van der Waals surface area contributed by atoms with Crippen molar-refractivity contribution in [3.8, 4) is 5.82 Å². The van der Waals surface area contributed by atoms with Crippen LogP contribution in [0.2, 0.25) is 0 Å². The van der Waals surface area contributed by atoms with E-state index >= 15 is 0 Å². The molecule has 3 heterocycles. The Balaban J connectivity index is 1.81. The number of carbonyl (C=O) groups is 1. The summed E-state index contributed by atoms with van der Waals surface area (Å²) in [7, 11) is -0.543. The Hall–Kier alpha value is -2.91. The Morgan fingerprint density at radius 3 is 2.39 bits per heavy atom. The number of hydrogen-bond donors (Lipinski definition) is 0. The third kappa shape index (κ3) is 3.89. The maximum atomic E-state index is 13.5. The number of rotatable bonds is 5. The van der Waals surface area contributed by atoms with Gasteiger partial charge in [0.1, 0.15) is 12.4 Å². The van der Waals surface area contributed by atoms with Crippen molar-refractivity contribution in [2.24, 2.45) is 0 Å². The lowest BCUT2D eigenvalue weighted by atomic mass is 9.80. The number of imidazole rings is 1. The van der Waals surface area contributed by atoms with Crippen molar-refractivity contribution >= 4 is 29.6 Å². The average molecular weight is 451 g/mol. The van der Waals surface area contributed by atoms with E-state index in [1.165, 1.54) is 4.57 Å².